The fourth-order valence-electron chi connectivity index (χ4n) is 19.9. The Balaban J connectivity index is 0.000000441. The first-order chi connectivity index (χ1) is 64.6. The maximum absolute atomic E-state index is 12.3. The topological polar surface area (TPSA) is 589 Å². The van der Waals surface area contributed by atoms with E-state index >= 15 is 0 Å². The average Bonchev–Trinajstić information content (AvgIpc) is 1.56. The van der Waals surface area contributed by atoms with Gasteiger partial charge in [0.2, 0.25) is 35.4 Å². The summed E-state index contributed by atoms with van der Waals surface area (Å²) in [4.78, 5) is 197. The van der Waals surface area contributed by atoms with Gasteiger partial charge in [-0.15, -0.1) is 70.6 Å². The van der Waals surface area contributed by atoms with Crippen molar-refractivity contribution < 1.29 is 347 Å². The normalized spacial score (nSPS) is 27.4. The Kier molecular flexibility index (Phi) is 54.7. The van der Waals surface area contributed by atoms with Gasteiger partial charge in [0, 0.05) is 70.7 Å². The van der Waals surface area contributed by atoms with E-state index < -0.39 is 209 Å². The Labute approximate surface area is 989 Å². The molecule has 0 radical (unpaired) electrons. The van der Waals surface area contributed by atoms with Crippen molar-refractivity contribution in [3.8, 4) is 0 Å². The zero-order chi connectivity index (χ0) is 103. The molecular weight excluding hydrogens is 2080 g/mol. The second-order valence-corrected chi connectivity index (χ2v) is 42.0. The number of rotatable bonds is 34. The molecule has 6 amide bonds. The van der Waals surface area contributed by atoms with E-state index in [0.717, 1.165) is 101 Å². The van der Waals surface area contributed by atoms with Gasteiger partial charge >= 0.3 is 207 Å². The number of aryl methyl sites for hydroxylation is 1. The molecule has 1 aromatic carbocycles. The average molecular weight is 2190 g/mol. The third-order valence-electron chi connectivity index (χ3n) is 26.0. The van der Waals surface area contributed by atoms with Crippen LogP contribution in [0.1, 0.15) is 148 Å². The summed E-state index contributed by atoms with van der Waals surface area (Å²) in [5, 5.41) is 127. The van der Waals surface area contributed by atoms with Crippen molar-refractivity contribution in [2.45, 2.75) is 240 Å². The summed E-state index contributed by atoms with van der Waals surface area (Å²) in [6.07, 6.45) is -3.37. The molecule has 144 heavy (non-hydrogen) atoms. The van der Waals surface area contributed by atoms with Crippen LogP contribution in [0, 0.1) is 71.0 Å². The van der Waals surface area contributed by atoms with Crippen LogP contribution in [0.2, 0.25) is 0 Å². The van der Waals surface area contributed by atoms with Crippen LogP contribution in [0.15, 0.2) is 93.9 Å². The number of aliphatic hydroxyl groups excluding tert-OH is 6. The van der Waals surface area contributed by atoms with Crippen LogP contribution in [0.25, 0.3) is 0 Å². The van der Waals surface area contributed by atoms with E-state index in [0.29, 0.717) is 49.3 Å². The van der Waals surface area contributed by atoms with E-state index in [4.69, 9.17) is 14.2 Å². The Morgan fingerprint density at radius 2 is 0.632 bits per heavy atom. The smallest absolute Gasteiger partial charge is 0.543 e. The second kappa shape index (κ2) is 58.4. The molecule has 1 aromatic rings. The van der Waals surface area contributed by atoms with Gasteiger partial charge in [0.15, 0.2) is 0 Å². The molecule has 14 rings (SSSR count). The Bertz CT molecular complexity index is 5130. The Hall–Kier alpha value is -3.17. The molecule has 12 heterocycles. The number of alkyl halides is 3. The third kappa shape index (κ3) is 29.5. The van der Waals surface area contributed by atoms with Gasteiger partial charge in [-0.25, -0.2) is 0 Å². The second-order valence-electron chi connectivity index (χ2n) is 35.8. The van der Waals surface area contributed by atoms with Gasteiger partial charge in [-0.2, -0.15) is 13.2 Å². The first-order valence-electron chi connectivity index (χ1n) is 44.9. The molecule has 6 saturated heterocycles. The van der Waals surface area contributed by atoms with Crippen molar-refractivity contribution in [2.75, 3.05) is 48.2 Å². The van der Waals surface area contributed by atoms with Gasteiger partial charge in [0.1, 0.15) is 6.10 Å². The first-order valence-corrected chi connectivity index (χ1v) is 50.8. The third-order valence-corrected chi connectivity index (χ3v) is 33.6. The molecule has 38 nitrogen and oxygen atoms in total. The number of hydrogen-bond acceptors (Lipinski definition) is 38. The van der Waals surface area contributed by atoms with Crippen LogP contribution in [0.3, 0.4) is 0 Å². The van der Waals surface area contributed by atoms with Crippen molar-refractivity contribution in [1.29, 1.82) is 0 Å². The molecule has 6 N–H and O–H groups in total. The molecule has 1 aliphatic carbocycles. The number of carboxylic acid groups (broad SMARTS) is 6. The Morgan fingerprint density at radius 1 is 0.382 bits per heavy atom. The van der Waals surface area contributed by atoms with Crippen molar-refractivity contribution in [3.05, 3.63) is 99.5 Å². The molecule has 12 aliphatic heterocycles. The molecular formula is C91H113F3N6Na6O32S6. The van der Waals surface area contributed by atoms with E-state index in [1.807, 2.05) is 51.1 Å². The molecule has 7 fully saturated rings. The number of benzene rings is 1. The number of esters is 4. The quantitative estimate of drug-likeness (QED) is 0.0161. The van der Waals surface area contributed by atoms with E-state index in [1.165, 1.54) is 78.7 Å². The number of carbonyl (C=O) groups excluding carboxylic acids is 16. The van der Waals surface area contributed by atoms with Crippen LogP contribution < -0.4 is 208 Å². The van der Waals surface area contributed by atoms with Crippen molar-refractivity contribution in [3.63, 3.8) is 0 Å². The summed E-state index contributed by atoms with van der Waals surface area (Å²) in [5.74, 6) is -19.3. The van der Waals surface area contributed by atoms with Crippen molar-refractivity contribution >= 4 is 166 Å². The van der Waals surface area contributed by atoms with Crippen LogP contribution in [0.5, 0.6) is 0 Å². The molecule has 0 unspecified atom stereocenters. The zero-order valence-electron chi connectivity index (χ0n) is 84.4. The van der Waals surface area contributed by atoms with Gasteiger partial charge in [0.25, 0.3) is 0 Å². The van der Waals surface area contributed by atoms with Crippen LogP contribution in [0.4, 0.5) is 13.2 Å². The minimum atomic E-state index is -4.45. The SMILES string of the molecule is CC(C)OC(=O)CSC1=C(C(=O)[O-])N2C(=O)[C@H]([C@@H](C)O)[C@H]2[C@H]1C.CCCOC(=O)CSC1=C(C(=O)[O-])N2C(=O)[C@H]([C@@H](C)O)[C@H]2[C@H]1C.COC(=O)CSC1=C(C(=O)[O-])N2C(=O)[C@H]([C@@H](C)O)[C@H]2[C@H]1C.C[C@@H](O)[C@H]1C(=O)N2C(C(=O)[O-])=C(SCC(=O)OC3CCCCC3)[C@H](C)[C@H]12.C[C@@H](O)[C@H]1C(=O)N2C(C(=O)[O-])=C(SCC(F)(F)F)[C@H](C)[C@H]12.C[C@@H](O)[C@H]1C(=O)N2C(C(=O)[O-])=C(SCCc3ccccc3)[C@H](C)[C@H]12.[Na+].[Na+].[Na+].[Na+].[Na+].[Na+]. The van der Waals surface area contributed by atoms with E-state index in [1.54, 1.807) is 48.5 Å². The first kappa shape index (κ1) is 135. The van der Waals surface area contributed by atoms with Crippen LogP contribution in [-0.2, 0) is 102 Å². The number of amides is 6. The molecule has 1 saturated carbocycles. The standard InChI is InChI=1S/C18H25NO6S.C18H21NO4S.2C15H21NO6S.C13H17NO6S.C12H14F3NO4S.6Na/c1-9-14-13(10(2)20)17(22)19(14)15(18(23)24)16(9)26-8-12(21)25-11-6-4-3-5-7-11;1-10-14-13(11(2)20)17(21)19(14)15(18(22)23)16(10)24-9-8-12-6-4-3-5-7-12;1-6(2)22-9(18)5-23-13-7(3)11-10(8(4)17)14(19)16(11)12(13)15(20)21;1-4-5-22-9(18)6-23-13-7(2)11-10(8(3)17)14(19)16(11)12(13)15(20)21;1-5-9-8(6(2)15)12(17)14(9)10(13(18)19)11(5)21-4-7(16)20-3;1-4-7-6(5(2)17)10(18)16(7)8(11(19)20)9(4)21-3-12(13,14)15;;;;;;/h9-11,13-14,20H,3-8H2,1-2H3,(H,23,24);3-7,10-11,13-14,20H,8-9H2,1-2H3,(H,22,23);6-8,10-11,17H,5H2,1-4H3,(H,20,21);7-8,10-11,17H,4-6H2,1-3H3,(H,20,21);5-6,8-9,15H,4H2,1-3H3,(H,18,19);4-7,17H,3H2,1-2H3,(H,19,20);;;;;;/q;;;;;;6*+1/p-6/t9-,10-,13-,14-;10-,11-,13-,14-;2*7-,8-,10-,11-;5-,6-,8-,9-;4-,5-,6-,7-;;;;;;/m111111....../s1. The number of fused-ring (bicyclic) bond motifs is 6. The van der Waals surface area contributed by atoms with Crippen LogP contribution in [-0.4, -0.2) is 295 Å². The number of nitrogens with zero attached hydrogens (tertiary/aromatic N) is 6. The van der Waals surface area contributed by atoms with Crippen LogP contribution >= 0.6 is 70.6 Å². The van der Waals surface area contributed by atoms with E-state index in [2.05, 4.69) is 4.74 Å². The Morgan fingerprint density at radius 3 is 0.875 bits per heavy atom. The number of aliphatic hydroxyl groups is 6. The summed E-state index contributed by atoms with van der Waals surface area (Å²) in [5.41, 5.74) is -0.0452. The summed E-state index contributed by atoms with van der Waals surface area (Å²) in [6, 6.07) is 7.48. The molecule has 53 heteroatoms. The number of methoxy groups -OCH3 is 1. The zero-order valence-corrected chi connectivity index (χ0v) is 101. The summed E-state index contributed by atoms with van der Waals surface area (Å²) >= 11 is 6.07. The van der Waals surface area contributed by atoms with Crippen molar-refractivity contribution in [2.24, 2.45) is 71.0 Å². The number of thioether (sulfide) groups is 6. The molecule has 0 aromatic heterocycles. The van der Waals surface area contributed by atoms with Gasteiger partial charge in [-0.1, -0.05) is 85.2 Å². The maximum Gasteiger partial charge on any atom is 1.00 e. The van der Waals surface area contributed by atoms with Gasteiger partial charge in [-0.3, -0.25) is 47.9 Å². The molecule has 0 bridgehead atoms. The fraction of sp³-hybridized carbons (Fsp3) is 0.626. The molecule has 762 valence electrons. The van der Waals surface area contributed by atoms with E-state index in [9.17, 15) is 151 Å². The number of aliphatic carboxylic acids is 6. The fourth-order valence-corrected chi connectivity index (χ4v) is 26.5. The summed E-state index contributed by atoms with van der Waals surface area (Å²) in [6.45, 7) is 25.3. The van der Waals surface area contributed by atoms with Gasteiger partial charge < -0.3 is 138 Å². The number of halogens is 3. The van der Waals surface area contributed by atoms with E-state index in [-0.39, 0.29) is 293 Å². The largest absolute Gasteiger partial charge is 1.00 e. The number of β-lactam (4-membered cyclic amide) rings is 6. The van der Waals surface area contributed by atoms with Gasteiger partial charge in [0.05, 0.1) is 227 Å². The van der Waals surface area contributed by atoms with Crippen molar-refractivity contribution in [1.82, 2.24) is 29.4 Å². The monoisotopic (exact) mass is 2190 g/mol. The number of ether oxygens (including phenoxy) is 4. The minimum absolute atomic E-state index is 0. The molecule has 13 aliphatic rings. The summed E-state index contributed by atoms with van der Waals surface area (Å²) in [7, 11) is 1.25. The number of carbonyl (C=O) groups is 16. The molecule has 24 atom stereocenters. The predicted octanol–water partition coefficient (Wildman–Crippen LogP) is -19.0. The minimum Gasteiger partial charge on any atom is -0.543 e. The predicted molar refractivity (Wildman–Crippen MR) is 480 cm³/mol. The molecule has 0 spiro atoms. The number of hydrogen-bond donors (Lipinski definition) is 6. The summed E-state index contributed by atoms with van der Waals surface area (Å²) < 4.78 is 57.0. The van der Waals surface area contributed by atoms with Gasteiger partial charge in [-0.05, 0) is 99.5 Å². The maximum atomic E-state index is 12.3. The number of carboxylic acids is 6.